The van der Waals surface area contributed by atoms with E-state index in [1.807, 2.05) is 72.8 Å². The van der Waals surface area contributed by atoms with Crippen LogP contribution in [0, 0.1) is 0 Å². The smallest absolute Gasteiger partial charge is 0.272 e. The van der Waals surface area contributed by atoms with E-state index in [0.29, 0.717) is 11.4 Å². The highest BCUT2D eigenvalue weighted by Crippen LogP contribution is 2.19. The Morgan fingerprint density at radius 1 is 0.821 bits per heavy atom. The van der Waals surface area contributed by atoms with Crippen molar-refractivity contribution in [2.24, 2.45) is 5.10 Å². The molecule has 1 heterocycles. The van der Waals surface area contributed by atoms with Crippen LogP contribution in [0.4, 0.5) is 0 Å². The van der Waals surface area contributed by atoms with Crippen LogP contribution in [0.15, 0.2) is 96.1 Å². The summed E-state index contributed by atoms with van der Waals surface area (Å²) in [6.45, 7) is 0. The van der Waals surface area contributed by atoms with E-state index < -0.39 is 0 Å². The number of nitrogens with one attached hydrogen (secondary N) is 2. The molecule has 0 atom stereocenters. The van der Waals surface area contributed by atoms with Crippen LogP contribution in [0.1, 0.15) is 16.1 Å². The summed E-state index contributed by atoms with van der Waals surface area (Å²) in [5.41, 5.74) is 7.72. The van der Waals surface area contributed by atoms with Crippen molar-refractivity contribution in [3.05, 3.63) is 102 Å². The van der Waals surface area contributed by atoms with Gasteiger partial charge < -0.3 is 0 Å². The van der Waals surface area contributed by atoms with Gasteiger partial charge in [0.05, 0.1) is 11.9 Å². The van der Waals surface area contributed by atoms with Crippen LogP contribution < -0.4 is 5.43 Å². The average Bonchev–Trinajstić information content (AvgIpc) is 3.26. The minimum absolute atomic E-state index is 0.341. The molecule has 0 fully saturated rings. The maximum Gasteiger partial charge on any atom is 0.289 e. The summed E-state index contributed by atoms with van der Waals surface area (Å²) >= 11 is 0. The summed E-state index contributed by atoms with van der Waals surface area (Å²) in [4.78, 5) is 12.2. The molecule has 0 unspecified atom stereocenters. The summed E-state index contributed by atoms with van der Waals surface area (Å²) in [5.74, 6) is -0.341. The lowest BCUT2D eigenvalue weighted by atomic mass is 10.0. The van der Waals surface area contributed by atoms with Crippen LogP contribution >= 0.6 is 0 Å². The number of H-pyrrole nitrogens is 1. The second-order valence-electron chi connectivity index (χ2n) is 6.22. The Bertz CT molecular complexity index is 1080. The number of hydrogen-bond acceptors (Lipinski definition) is 3. The van der Waals surface area contributed by atoms with Crippen LogP contribution in [-0.4, -0.2) is 22.3 Å². The van der Waals surface area contributed by atoms with Crippen molar-refractivity contribution in [3.63, 3.8) is 0 Å². The van der Waals surface area contributed by atoms with Crippen molar-refractivity contribution in [3.8, 4) is 22.4 Å². The molecule has 0 saturated heterocycles. The molecular weight excluding hydrogens is 348 g/mol. The topological polar surface area (TPSA) is 70.1 Å². The van der Waals surface area contributed by atoms with Crippen LogP contribution in [0.25, 0.3) is 22.4 Å². The van der Waals surface area contributed by atoms with E-state index in [-0.39, 0.29) is 5.91 Å². The molecule has 0 bridgehead atoms. The van der Waals surface area contributed by atoms with Gasteiger partial charge in [-0.15, -0.1) is 0 Å². The summed E-state index contributed by atoms with van der Waals surface area (Å²) in [7, 11) is 0. The largest absolute Gasteiger partial charge is 0.289 e. The number of aromatic amines is 1. The molecule has 5 heteroatoms. The zero-order valence-corrected chi connectivity index (χ0v) is 15.0. The molecule has 1 amide bonds. The number of nitrogens with zero attached hydrogens (tertiary/aromatic N) is 2. The first kappa shape index (κ1) is 17.4. The first-order valence-electron chi connectivity index (χ1n) is 8.89. The molecule has 4 aromatic rings. The van der Waals surface area contributed by atoms with Crippen molar-refractivity contribution in [2.75, 3.05) is 0 Å². The second-order valence-corrected chi connectivity index (χ2v) is 6.22. The molecule has 3 aromatic carbocycles. The first-order valence-corrected chi connectivity index (χ1v) is 8.89. The minimum atomic E-state index is -0.341. The van der Waals surface area contributed by atoms with Crippen LogP contribution in [-0.2, 0) is 0 Å². The van der Waals surface area contributed by atoms with E-state index in [2.05, 4.69) is 32.9 Å². The third-order valence-corrected chi connectivity index (χ3v) is 4.29. The molecule has 0 aliphatic heterocycles. The number of carbonyl (C=O) groups is 1. The van der Waals surface area contributed by atoms with Crippen molar-refractivity contribution < 1.29 is 4.79 Å². The van der Waals surface area contributed by atoms with E-state index >= 15 is 0 Å². The van der Waals surface area contributed by atoms with Gasteiger partial charge in [-0.1, -0.05) is 84.9 Å². The zero-order chi connectivity index (χ0) is 19.2. The molecule has 2 N–H and O–H groups in total. The molecule has 1 aromatic heterocycles. The number of benzene rings is 3. The van der Waals surface area contributed by atoms with Gasteiger partial charge in [0.25, 0.3) is 5.91 Å². The van der Waals surface area contributed by atoms with E-state index in [0.717, 1.165) is 22.3 Å². The van der Waals surface area contributed by atoms with Crippen LogP contribution in [0.5, 0.6) is 0 Å². The predicted molar refractivity (Wildman–Crippen MR) is 111 cm³/mol. The van der Waals surface area contributed by atoms with Gasteiger partial charge in [0.15, 0.2) is 0 Å². The second kappa shape index (κ2) is 8.14. The standard InChI is InChI=1S/C23H18N4O/c28-23(22-15-21(25-26-22)20-9-5-2-6-10-20)27-24-16-17-11-13-19(14-12-17)18-7-3-1-4-8-18/h1-16H,(H,25,26)(H,27,28)/b24-16-. The molecule has 0 aliphatic rings. The van der Waals surface area contributed by atoms with Crippen molar-refractivity contribution in [1.29, 1.82) is 0 Å². The van der Waals surface area contributed by atoms with E-state index in [9.17, 15) is 4.79 Å². The Morgan fingerprint density at radius 2 is 1.43 bits per heavy atom. The SMILES string of the molecule is O=C(N/N=C\c1ccc(-c2ccccc2)cc1)c1cc(-c2ccccc2)n[nH]1. The molecule has 0 saturated carbocycles. The van der Waals surface area contributed by atoms with Crippen molar-refractivity contribution in [1.82, 2.24) is 15.6 Å². The number of amides is 1. The highest BCUT2D eigenvalue weighted by atomic mass is 16.2. The molecule has 4 rings (SSSR count). The first-order chi connectivity index (χ1) is 13.8. The molecule has 0 radical (unpaired) electrons. The number of carbonyl (C=O) groups excluding carboxylic acids is 1. The fraction of sp³-hybridized carbons (Fsp3) is 0. The van der Waals surface area contributed by atoms with Gasteiger partial charge in [-0.3, -0.25) is 9.89 Å². The van der Waals surface area contributed by atoms with E-state index in [1.165, 1.54) is 0 Å². The van der Waals surface area contributed by atoms with E-state index in [1.54, 1.807) is 12.3 Å². The molecule has 5 nitrogen and oxygen atoms in total. The van der Waals surface area contributed by atoms with Crippen molar-refractivity contribution >= 4 is 12.1 Å². The number of hydrazone groups is 1. The Labute approximate surface area is 162 Å². The molecule has 28 heavy (non-hydrogen) atoms. The van der Waals surface area contributed by atoms with Crippen LogP contribution in [0.2, 0.25) is 0 Å². The lowest BCUT2D eigenvalue weighted by Crippen LogP contribution is -2.17. The van der Waals surface area contributed by atoms with Gasteiger partial charge in [0.1, 0.15) is 5.69 Å². The minimum Gasteiger partial charge on any atom is -0.272 e. The highest BCUT2D eigenvalue weighted by molar-refractivity contribution is 5.94. The van der Waals surface area contributed by atoms with Gasteiger partial charge >= 0.3 is 0 Å². The quantitative estimate of drug-likeness (QED) is 0.403. The lowest BCUT2D eigenvalue weighted by molar-refractivity contribution is 0.0950. The van der Waals surface area contributed by atoms with E-state index in [4.69, 9.17) is 0 Å². The van der Waals surface area contributed by atoms with Gasteiger partial charge in [-0.05, 0) is 22.8 Å². The monoisotopic (exact) mass is 366 g/mol. The highest BCUT2D eigenvalue weighted by Gasteiger charge is 2.10. The molecule has 136 valence electrons. The number of aromatic nitrogens is 2. The fourth-order valence-corrected chi connectivity index (χ4v) is 2.81. The fourth-order valence-electron chi connectivity index (χ4n) is 2.81. The Balaban J connectivity index is 1.38. The predicted octanol–water partition coefficient (Wildman–Crippen LogP) is 4.51. The maximum atomic E-state index is 12.2. The molecular formula is C23H18N4O. The summed E-state index contributed by atoms with van der Waals surface area (Å²) in [6.07, 6.45) is 1.61. The Kier molecular flexibility index (Phi) is 5.06. The van der Waals surface area contributed by atoms with Crippen LogP contribution in [0.3, 0.4) is 0 Å². The zero-order valence-electron chi connectivity index (χ0n) is 15.0. The molecule has 0 aliphatic carbocycles. The molecule has 0 spiro atoms. The third-order valence-electron chi connectivity index (χ3n) is 4.29. The number of hydrogen-bond donors (Lipinski definition) is 2. The average molecular weight is 366 g/mol. The van der Waals surface area contributed by atoms with Gasteiger partial charge in [-0.2, -0.15) is 10.2 Å². The van der Waals surface area contributed by atoms with Gasteiger partial charge in [-0.25, -0.2) is 5.43 Å². The summed E-state index contributed by atoms with van der Waals surface area (Å²) in [5, 5.41) is 10.9. The maximum absolute atomic E-state index is 12.2. The summed E-state index contributed by atoms with van der Waals surface area (Å²) in [6, 6.07) is 29.5. The number of rotatable bonds is 5. The third kappa shape index (κ3) is 4.04. The lowest BCUT2D eigenvalue weighted by Gasteiger charge is -2.01. The van der Waals surface area contributed by atoms with Gasteiger partial charge in [0, 0.05) is 5.56 Å². The normalized spacial score (nSPS) is 10.9. The Morgan fingerprint density at radius 3 is 2.11 bits per heavy atom. The summed E-state index contributed by atoms with van der Waals surface area (Å²) < 4.78 is 0. The van der Waals surface area contributed by atoms with Crippen molar-refractivity contribution in [2.45, 2.75) is 0 Å². The Hall–Kier alpha value is -3.99. The van der Waals surface area contributed by atoms with Gasteiger partial charge in [0.2, 0.25) is 0 Å².